The molecule has 0 aliphatic heterocycles. The molecule has 1 aromatic heterocycles. The highest BCUT2D eigenvalue weighted by molar-refractivity contribution is 6.30. The molecule has 0 fully saturated rings. The second-order valence-corrected chi connectivity index (χ2v) is 8.27. The predicted octanol–water partition coefficient (Wildman–Crippen LogP) is 7.68. The van der Waals surface area contributed by atoms with E-state index in [0.29, 0.717) is 0 Å². The maximum Gasteiger partial charge on any atom is 0.213 e. The van der Waals surface area contributed by atoms with Crippen LogP contribution in [0.15, 0.2) is 127 Å². The van der Waals surface area contributed by atoms with Crippen molar-refractivity contribution in [3.8, 4) is 33.6 Å². The normalized spacial score (nSPS) is 10.8. The van der Waals surface area contributed by atoms with Crippen LogP contribution in [0.2, 0.25) is 5.02 Å². The van der Waals surface area contributed by atoms with Crippen LogP contribution in [0.3, 0.4) is 0 Å². The van der Waals surface area contributed by atoms with Crippen molar-refractivity contribution < 1.29 is 4.57 Å². The van der Waals surface area contributed by atoms with Crippen LogP contribution >= 0.6 is 11.6 Å². The van der Waals surface area contributed by atoms with Crippen LogP contribution in [-0.4, -0.2) is 0 Å². The smallest absolute Gasteiger partial charge is 0.187 e. The van der Waals surface area contributed by atoms with E-state index in [0.717, 1.165) is 11.6 Å². The molecule has 0 bridgehead atoms. The van der Waals surface area contributed by atoms with Gasteiger partial charge < -0.3 is 0 Å². The van der Waals surface area contributed by atoms with Crippen molar-refractivity contribution >= 4 is 11.6 Å². The Morgan fingerprint density at radius 3 is 1.47 bits per heavy atom. The molecule has 5 rings (SSSR count). The molecule has 0 N–H and O–H groups in total. The van der Waals surface area contributed by atoms with Crippen LogP contribution in [0.25, 0.3) is 33.6 Å². The zero-order chi connectivity index (χ0) is 21.8. The van der Waals surface area contributed by atoms with Gasteiger partial charge in [-0.05, 0) is 47.5 Å². The van der Waals surface area contributed by atoms with Gasteiger partial charge in [0.05, 0.1) is 0 Å². The zero-order valence-corrected chi connectivity index (χ0v) is 18.4. The Labute approximate surface area is 194 Å². The molecule has 0 atom stereocenters. The second kappa shape index (κ2) is 9.21. The van der Waals surface area contributed by atoms with Gasteiger partial charge in [-0.2, -0.15) is 4.57 Å². The molecular weight excluding hydrogens is 410 g/mol. The summed E-state index contributed by atoms with van der Waals surface area (Å²) in [5.41, 5.74) is 8.29. The van der Waals surface area contributed by atoms with Gasteiger partial charge in [-0.3, -0.25) is 0 Å². The Bertz CT molecular complexity index is 1270. The van der Waals surface area contributed by atoms with E-state index in [9.17, 15) is 0 Å². The van der Waals surface area contributed by atoms with Crippen molar-refractivity contribution in [2.45, 2.75) is 6.54 Å². The number of benzene rings is 4. The van der Waals surface area contributed by atoms with E-state index in [1.54, 1.807) is 0 Å². The Balaban J connectivity index is 1.79. The lowest BCUT2D eigenvalue weighted by Crippen LogP contribution is -2.39. The molecule has 0 saturated carbocycles. The minimum absolute atomic E-state index is 0.726. The first kappa shape index (κ1) is 20.2. The first-order chi connectivity index (χ1) is 15.8. The summed E-state index contributed by atoms with van der Waals surface area (Å²) < 4.78 is 2.39. The molecule has 1 nitrogen and oxygen atoms in total. The molecule has 0 amide bonds. The predicted molar refractivity (Wildman–Crippen MR) is 133 cm³/mol. The van der Waals surface area contributed by atoms with Gasteiger partial charge >= 0.3 is 0 Å². The molecule has 32 heavy (non-hydrogen) atoms. The van der Waals surface area contributed by atoms with Gasteiger partial charge in [0.15, 0.2) is 6.54 Å². The summed E-state index contributed by atoms with van der Waals surface area (Å²) in [6, 6.07) is 44.5. The van der Waals surface area contributed by atoms with Gasteiger partial charge in [0.25, 0.3) is 0 Å². The zero-order valence-electron chi connectivity index (χ0n) is 17.7. The highest BCUT2D eigenvalue weighted by Crippen LogP contribution is 2.29. The van der Waals surface area contributed by atoms with Crippen LogP contribution < -0.4 is 4.57 Å². The van der Waals surface area contributed by atoms with Crippen LogP contribution in [0.1, 0.15) is 5.56 Å². The fourth-order valence-corrected chi connectivity index (χ4v) is 4.32. The number of aromatic nitrogens is 1. The highest BCUT2D eigenvalue weighted by atomic mass is 35.5. The number of pyridine rings is 1. The standard InChI is InChI=1S/C30H23ClN/c31-28-18-10-11-23(19-28)22-32-29(25-14-6-2-7-15-25)20-27(24-12-4-1-5-13-24)21-30(32)26-16-8-3-9-17-26/h1-21H,22H2/q+1. The quantitative estimate of drug-likeness (QED) is 0.251. The Hall–Kier alpha value is -3.68. The first-order valence-electron chi connectivity index (χ1n) is 10.8. The number of hydrogen-bond donors (Lipinski definition) is 0. The lowest BCUT2D eigenvalue weighted by atomic mass is 9.98. The van der Waals surface area contributed by atoms with Crippen LogP contribution in [0, 0.1) is 0 Å². The number of hydrogen-bond acceptors (Lipinski definition) is 0. The fraction of sp³-hybridized carbons (Fsp3) is 0.0333. The monoisotopic (exact) mass is 432 g/mol. The van der Waals surface area contributed by atoms with Crippen LogP contribution in [0.4, 0.5) is 0 Å². The molecule has 4 aromatic carbocycles. The third-order valence-corrected chi connectivity index (χ3v) is 5.88. The van der Waals surface area contributed by atoms with E-state index in [4.69, 9.17) is 11.6 Å². The van der Waals surface area contributed by atoms with Crippen molar-refractivity contribution in [2.75, 3.05) is 0 Å². The first-order valence-corrected chi connectivity index (χ1v) is 11.1. The molecule has 154 valence electrons. The molecule has 0 radical (unpaired) electrons. The number of halogens is 1. The third-order valence-electron chi connectivity index (χ3n) is 5.64. The summed E-state index contributed by atoms with van der Waals surface area (Å²) in [7, 11) is 0. The van der Waals surface area contributed by atoms with Crippen molar-refractivity contribution in [3.05, 3.63) is 138 Å². The molecule has 2 heteroatoms. The molecule has 0 spiro atoms. The fourth-order valence-electron chi connectivity index (χ4n) is 4.10. The summed E-state index contributed by atoms with van der Waals surface area (Å²) in [6.45, 7) is 0.726. The van der Waals surface area contributed by atoms with Gasteiger partial charge in [0.2, 0.25) is 11.4 Å². The number of nitrogens with zero attached hydrogens (tertiary/aromatic N) is 1. The van der Waals surface area contributed by atoms with E-state index in [1.807, 2.05) is 18.2 Å². The van der Waals surface area contributed by atoms with Crippen molar-refractivity contribution in [1.82, 2.24) is 0 Å². The third kappa shape index (κ3) is 4.34. The number of rotatable bonds is 5. The minimum Gasteiger partial charge on any atom is -0.187 e. The molecule has 1 heterocycles. The summed E-state index contributed by atoms with van der Waals surface area (Å²) in [6.07, 6.45) is 0. The van der Waals surface area contributed by atoms with E-state index in [1.165, 1.54) is 39.2 Å². The SMILES string of the molecule is Clc1cccc(C[n+]2c(-c3ccccc3)cc(-c3ccccc3)cc2-c2ccccc2)c1. The van der Waals surface area contributed by atoms with Gasteiger partial charge in [0.1, 0.15) is 0 Å². The van der Waals surface area contributed by atoms with Gasteiger partial charge in [-0.25, -0.2) is 0 Å². The van der Waals surface area contributed by atoms with Crippen molar-refractivity contribution in [3.63, 3.8) is 0 Å². The minimum atomic E-state index is 0.726. The summed E-state index contributed by atoms with van der Waals surface area (Å²) in [4.78, 5) is 0. The van der Waals surface area contributed by atoms with E-state index < -0.39 is 0 Å². The second-order valence-electron chi connectivity index (χ2n) is 7.83. The Kier molecular flexibility index (Phi) is 5.83. The maximum absolute atomic E-state index is 6.32. The van der Waals surface area contributed by atoms with Crippen molar-refractivity contribution in [1.29, 1.82) is 0 Å². The lowest BCUT2D eigenvalue weighted by molar-refractivity contribution is -0.666. The molecule has 0 saturated heterocycles. The summed E-state index contributed by atoms with van der Waals surface area (Å²) >= 11 is 6.32. The highest BCUT2D eigenvalue weighted by Gasteiger charge is 2.23. The van der Waals surface area contributed by atoms with Gasteiger partial charge in [-0.1, -0.05) is 90.5 Å². The Morgan fingerprint density at radius 2 is 0.969 bits per heavy atom. The average molecular weight is 433 g/mol. The van der Waals surface area contributed by atoms with E-state index in [2.05, 4.69) is 114 Å². The van der Waals surface area contributed by atoms with Gasteiger partial charge in [0, 0.05) is 33.8 Å². The molecule has 5 aromatic rings. The van der Waals surface area contributed by atoms with E-state index >= 15 is 0 Å². The Morgan fingerprint density at radius 1 is 0.469 bits per heavy atom. The molecule has 0 unspecified atom stereocenters. The van der Waals surface area contributed by atoms with Crippen LogP contribution in [-0.2, 0) is 6.54 Å². The average Bonchev–Trinajstić information content (AvgIpc) is 2.86. The molecular formula is C30H23ClN+. The molecule has 0 aliphatic carbocycles. The van der Waals surface area contributed by atoms with Crippen LogP contribution in [0.5, 0.6) is 0 Å². The maximum atomic E-state index is 6.32. The van der Waals surface area contributed by atoms with Crippen molar-refractivity contribution in [2.24, 2.45) is 0 Å². The van der Waals surface area contributed by atoms with E-state index in [-0.39, 0.29) is 0 Å². The largest absolute Gasteiger partial charge is 0.213 e. The summed E-state index contributed by atoms with van der Waals surface area (Å²) in [5.74, 6) is 0. The molecule has 0 aliphatic rings. The van der Waals surface area contributed by atoms with Gasteiger partial charge in [-0.15, -0.1) is 0 Å². The lowest BCUT2D eigenvalue weighted by Gasteiger charge is -2.13. The summed E-state index contributed by atoms with van der Waals surface area (Å²) in [5, 5.41) is 0.756. The topological polar surface area (TPSA) is 3.88 Å².